The van der Waals surface area contributed by atoms with Gasteiger partial charge in [0.25, 0.3) is 0 Å². The quantitative estimate of drug-likeness (QED) is 0.694. The standard InChI is InChI=1S/C24H17N3O4/c1-14-11-19-20(22(28)30-14)24(17(12-25)21(26)31-19)16-9-5-6-10-18(16)27(23(24)29)13-15-7-3-2-4-8-15/h2-11H,13,26H2,1H3. The molecule has 1 unspecified atom stereocenters. The van der Waals surface area contributed by atoms with Crippen molar-refractivity contribution in [2.75, 3.05) is 4.90 Å². The third kappa shape index (κ3) is 2.45. The number of carbonyl (C=O) groups excluding carboxylic acids is 1. The van der Waals surface area contributed by atoms with Crippen LogP contribution in [0.4, 0.5) is 5.69 Å². The van der Waals surface area contributed by atoms with Crippen LogP contribution in [0.1, 0.15) is 22.5 Å². The number of benzene rings is 2. The minimum atomic E-state index is -1.73. The maximum Gasteiger partial charge on any atom is 0.344 e. The number of anilines is 1. The van der Waals surface area contributed by atoms with Crippen molar-refractivity contribution in [2.24, 2.45) is 5.73 Å². The number of amides is 1. The van der Waals surface area contributed by atoms with Gasteiger partial charge in [-0.3, -0.25) is 4.79 Å². The summed E-state index contributed by atoms with van der Waals surface area (Å²) in [5, 5.41) is 10.0. The summed E-state index contributed by atoms with van der Waals surface area (Å²) in [7, 11) is 0. The highest BCUT2D eigenvalue weighted by Gasteiger charge is 2.60. The molecule has 1 amide bonds. The average Bonchev–Trinajstić information content (AvgIpc) is 2.98. The number of nitrogens with zero attached hydrogens (tertiary/aromatic N) is 2. The molecular formula is C24H17N3O4. The lowest BCUT2D eigenvalue weighted by Crippen LogP contribution is -2.48. The van der Waals surface area contributed by atoms with Gasteiger partial charge in [0.2, 0.25) is 11.8 Å². The number of para-hydroxylation sites is 1. The van der Waals surface area contributed by atoms with Gasteiger partial charge in [0.1, 0.15) is 28.7 Å². The molecule has 2 aromatic carbocycles. The van der Waals surface area contributed by atoms with Crippen LogP contribution in [0.15, 0.2) is 81.3 Å². The van der Waals surface area contributed by atoms with Crippen molar-refractivity contribution in [3.05, 3.63) is 105 Å². The zero-order valence-electron chi connectivity index (χ0n) is 16.6. The highest BCUT2D eigenvalue weighted by Crippen LogP contribution is 2.54. The molecule has 5 rings (SSSR count). The number of fused-ring (bicyclic) bond motifs is 4. The molecule has 0 aliphatic carbocycles. The Morgan fingerprint density at radius 1 is 1.10 bits per heavy atom. The van der Waals surface area contributed by atoms with Crippen LogP contribution in [-0.4, -0.2) is 5.91 Å². The van der Waals surface area contributed by atoms with Gasteiger partial charge in [0.15, 0.2) is 5.41 Å². The molecule has 31 heavy (non-hydrogen) atoms. The van der Waals surface area contributed by atoms with Gasteiger partial charge in [-0.25, -0.2) is 4.79 Å². The lowest BCUT2D eigenvalue weighted by atomic mass is 9.69. The lowest BCUT2D eigenvalue weighted by Gasteiger charge is -2.33. The van der Waals surface area contributed by atoms with E-state index in [4.69, 9.17) is 14.9 Å². The van der Waals surface area contributed by atoms with Crippen LogP contribution in [0.3, 0.4) is 0 Å². The smallest absolute Gasteiger partial charge is 0.344 e. The van der Waals surface area contributed by atoms with E-state index in [1.165, 1.54) is 6.07 Å². The summed E-state index contributed by atoms with van der Waals surface area (Å²) < 4.78 is 10.9. The number of aryl methyl sites for hydroxylation is 1. The monoisotopic (exact) mass is 411 g/mol. The summed E-state index contributed by atoms with van der Waals surface area (Å²) in [5.41, 5.74) is 5.49. The molecule has 3 heterocycles. The summed E-state index contributed by atoms with van der Waals surface area (Å²) in [6.45, 7) is 1.87. The number of rotatable bonds is 2. The van der Waals surface area contributed by atoms with E-state index in [1.807, 2.05) is 36.4 Å². The van der Waals surface area contributed by atoms with E-state index in [9.17, 15) is 14.9 Å². The minimum Gasteiger partial charge on any atom is -0.440 e. The van der Waals surface area contributed by atoms with Gasteiger partial charge in [-0.15, -0.1) is 0 Å². The van der Waals surface area contributed by atoms with Crippen LogP contribution in [0, 0.1) is 18.3 Å². The van der Waals surface area contributed by atoms with Crippen LogP contribution >= 0.6 is 0 Å². The maximum absolute atomic E-state index is 14.1. The van der Waals surface area contributed by atoms with Crippen molar-refractivity contribution in [3.8, 4) is 11.8 Å². The van der Waals surface area contributed by atoms with Gasteiger partial charge in [-0.1, -0.05) is 48.5 Å². The first-order valence-electron chi connectivity index (χ1n) is 9.67. The van der Waals surface area contributed by atoms with Crippen LogP contribution in [0.5, 0.6) is 5.75 Å². The fourth-order valence-electron chi connectivity index (χ4n) is 4.48. The summed E-state index contributed by atoms with van der Waals surface area (Å²) in [4.78, 5) is 28.7. The molecule has 0 bridgehead atoms. The highest BCUT2D eigenvalue weighted by atomic mass is 16.5. The molecule has 2 aliphatic heterocycles. The molecular weight excluding hydrogens is 394 g/mol. The number of ether oxygens (including phenoxy) is 1. The van der Waals surface area contributed by atoms with Crippen molar-refractivity contribution in [3.63, 3.8) is 0 Å². The Balaban J connectivity index is 1.84. The molecule has 2 aliphatic rings. The molecule has 0 saturated heterocycles. The van der Waals surface area contributed by atoms with Gasteiger partial charge in [0.05, 0.1) is 6.54 Å². The van der Waals surface area contributed by atoms with Gasteiger partial charge in [-0.05, 0) is 18.6 Å². The summed E-state index contributed by atoms with van der Waals surface area (Å²) in [6, 6.07) is 20.1. The van der Waals surface area contributed by atoms with E-state index in [2.05, 4.69) is 0 Å². The average molecular weight is 411 g/mol. The molecule has 2 N–H and O–H groups in total. The summed E-state index contributed by atoms with van der Waals surface area (Å²) in [6.07, 6.45) is 0. The predicted molar refractivity (Wildman–Crippen MR) is 112 cm³/mol. The van der Waals surface area contributed by atoms with Crippen LogP contribution in [0.2, 0.25) is 0 Å². The Hall–Kier alpha value is -4.31. The fraction of sp³-hybridized carbons (Fsp3) is 0.125. The Labute approximate surface area is 177 Å². The second-order valence-electron chi connectivity index (χ2n) is 7.48. The Morgan fingerprint density at radius 3 is 2.55 bits per heavy atom. The second kappa shape index (κ2) is 6.61. The highest BCUT2D eigenvalue weighted by molar-refractivity contribution is 6.14. The molecule has 0 radical (unpaired) electrons. The van der Waals surface area contributed by atoms with Crippen molar-refractivity contribution in [1.82, 2.24) is 0 Å². The molecule has 3 aromatic rings. The van der Waals surface area contributed by atoms with Crippen molar-refractivity contribution in [2.45, 2.75) is 18.9 Å². The minimum absolute atomic E-state index is 0.0307. The molecule has 7 nitrogen and oxygen atoms in total. The zero-order valence-corrected chi connectivity index (χ0v) is 16.6. The third-order valence-electron chi connectivity index (χ3n) is 5.71. The van der Waals surface area contributed by atoms with E-state index in [-0.39, 0.29) is 29.3 Å². The van der Waals surface area contributed by atoms with Crippen LogP contribution < -0.4 is 21.0 Å². The first-order chi connectivity index (χ1) is 15.0. The first-order valence-corrected chi connectivity index (χ1v) is 9.67. The summed E-state index contributed by atoms with van der Waals surface area (Å²) >= 11 is 0. The van der Waals surface area contributed by atoms with Crippen LogP contribution in [-0.2, 0) is 16.8 Å². The van der Waals surface area contributed by atoms with Crippen molar-refractivity contribution < 1.29 is 13.9 Å². The number of hydrogen-bond acceptors (Lipinski definition) is 6. The van der Waals surface area contributed by atoms with Gasteiger partial charge >= 0.3 is 5.63 Å². The fourth-order valence-corrected chi connectivity index (χ4v) is 4.48. The van der Waals surface area contributed by atoms with Crippen molar-refractivity contribution >= 4 is 11.6 Å². The number of hydrogen-bond donors (Lipinski definition) is 1. The molecule has 1 spiro atoms. The van der Waals surface area contributed by atoms with Gasteiger partial charge in [0, 0.05) is 17.3 Å². The lowest BCUT2D eigenvalue weighted by molar-refractivity contribution is -0.121. The first kappa shape index (κ1) is 18.7. The molecule has 0 saturated carbocycles. The van der Waals surface area contributed by atoms with E-state index < -0.39 is 16.9 Å². The van der Waals surface area contributed by atoms with Crippen LogP contribution in [0.25, 0.3) is 0 Å². The maximum atomic E-state index is 14.1. The second-order valence-corrected chi connectivity index (χ2v) is 7.48. The zero-order chi connectivity index (χ0) is 21.8. The summed E-state index contributed by atoms with van der Waals surface area (Å²) in [5.74, 6) is -0.218. The number of carbonyl (C=O) groups is 1. The normalized spacial score (nSPS) is 19.1. The van der Waals surface area contributed by atoms with Crippen molar-refractivity contribution in [1.29, 1.82) is 5.26 Å². The van der Waals surface area contributed by atoms with Gasteiger partial charge < -0.3 is 19.8 Å². The van der Waals surface area contributed by atoms with E-state index in [1.54, 1.807) is 36.1 Å². The third-order valence-corrected chi connectivity index (χ3v) is 5.71. The largest absolute Gasteiger partial charge is 0.440 e. The predicted octanol–water partition coefficient (Wildman–Crippen LogP) is 2.87. The van der Waals surface area contributed by atoms with E-state index >= 15 is 0 Å². The Kier molecular flexibility index (Phi) is 3.99. The Morgan fingerprint density at radius 2 is 1.81 bits per heavy atom. The molecule has 1 atom stereocenters. The van der Waals surface area contributed by atoms with E-state index in [0.717, 1.165) is 5.56 Å². The topological polar surface area (TPSA) is 110 Å². The molecule has 7 heteroatoms. The SMILES string of the molecule is Cc1cc2c(c(=O)o1)C1(C(=O)N(Cc3ccccc3)c3ccccc31)C(C#N)=C(N)O2. The number of nitriles is 1. The number of nitrogens with two attached hydrogens (primary N) is 1. The molecule has 152 valence electrons. The Bertz CT molecular complexity index is 1370. The van der Waals surface area contributed by atoms with E-state index in [0.29, 0.717) is 17.0 Å². The van der Waals surface area contributed by atoms with Gasteiger partial charge in [-0.2, -0.15) is 5.26 Å². The molecule has 0 fully saturated rings. The molecule has 1 aromatic heterocycles.